The van der Waals surface area contributed by atoms with Crippen LogP contribution in [0.3, 0.4) is 0 Å². The van der Waals surface area contributed by atoms with Crippen molar-refractivity contribution in [1.29, 1.82) is 0 Å². The number of hydrogen-bond donors (Lipinski definition) is 1. The number of carbonyl (C=O) groups excluding carboxylic acids is 2. The van der Waals surface area contributed by atoms with Gasteiger partial charge in [-0.25, -0.2) is 0 Å². The molecule has 5 nitrogen and oxygen atoms in total. The van der Waals surface area contributed by atoms with Crippen LogP contribution in [0, 0.1) is 0 Å². The number of allylic oxidation sites excluding steroid dienone is 2. The Hall–Kier alpha value is -1.36. The SMILES string of the molecule is CCCCCCCC/C=C/CCCCCCCCCC(=O)OC[C@H](CO)OC(=O)CCCCCCCCC. The van der Waals surface area contributed by atoms with E-state index in [1.54, 1.807) is 0 Å². The zero-order chi connectivity index (χ0) is 27.9. The summed E-state index contributed by atoms with van der Waals surface area (Å²) in [5.41, 5.74) is 0. The Balaban J connectivity index is 3.53. The zero-order valence-corrected chi connectivity index (χ0v) is 25.2. The average Bonchev–Trinajstić information content (AvgIpc) is 2.92. The van der Waals surface area contributed by atoms with Crippen molar-refractivity contribution < 1.29 is 24.2 Å². The molecule has 0 heterocycles. The van der Waals surface area contributed by atoms with Crippen LogP contribution in [0.5, 0.6) is 0 Å². The molecule has 0 aromatic heterocycles. The zero-order valence-electron chi connectivity index (χ0n) is 25.2. The molecular weight excluding hydrogens is 476 g/mol. The molecule has 0 aromatic carbocycles. The summed E-state index contributed by atoms with van der Waals surface area (Å²) in [4.78, 5) is 23.9. The molecule has 0 saturated heterocycles. The van der Waals surface area contributed by atoms with Gasteiger partial charge in [-0.05, 0) is 38.5 Å². The summed E-state index contributed by atoms with van der Waals surface area (Å²) in [6.07, 6.45) is 31.3. The standard InChI is InChI=1S/C33H62O5/c1-3-5-7-9-11-12-13-14-15-16-17-18-19-20-22-23-25-27-32(35)37-30-31(29-34)38-33(36)28-26-24-21-10-8-6-4-2/h14-15,31,34H,3-13,16-30H2,1-2H3/b15-14+/t31-/m0/s1. The number of aliphatic hydroxyl groups excluding tert-OH is 1. The minimum Gasteiger partial charge on any atom is -0.462 e. The summed E-state index contributed by atoms with van der Waals surface area (Å²) in [5.74, 6) is -0.600. The van der Waals surface area contributed by atoms with Gasteiger partial charge in [0.25, 0.3) is 0 Å². The Morgan fingerprint density at radius 3 is 1.42 bits per heavy atom. The van der Waals surface area contributed by atoms with Crippen molar-refractivity contribution in [2.45, 2.75) is 174 Å². The van der Waals surface area contributed by atoms with Crippen molar-refractivity contribution in [1.82, 2.24) is 0 Å². The van der Waals surface area contributed by atoms with Crippen LogP contribution in [0.1, 0.15) is 168 Å². The highest BCUT2D eigenvalue weighted by atomic mass is 16.6. The summed E-state index contributed by atoms with van der Waals surface area (Å²) in [7, 11) is 0. The number of ether oxygens (including phenoxy) is 2. The third-order valence-electron chi connectivity index (χ3n) is 7.06. The Bertz CT molecular complexity index is 546. The number of aliphatic hydroxyl groups is 1. The fraction of sp³-hybridized carbons (Fsp3) is 0.879. The van der Waals surface area contributed by atoms with E-state index >= 15 is 0 Å². The van der Waals surface area contributed by atoms with E-state index in [4.69, 9.17) is 9.47 Å². The van der Waals surface area contributed by atoms with Gasteiger partial charge in [0, 0.05) is 12.8 Å². The van der Waals surface area contributed by atoms with Gasteiger partial charge in [-0.3, -0.25) is 9.59 Å². The van der Waals surface area contributed by atoms with Crippen molar-refractivity contribution in [2.24, 2.45) is 0 Å². The van der Waals surface area contributed by atoms with E-state index in [9.17, 15) is 14.7 Å². The van der Waals surface area contributed by atoms with Crippen LogP contribution in [-0.4, -0.2) is 36.4 Å². The Morgan fingerprint density at radius 2 is 0.974 bits per heavy atom. The van der Waals surface area contributed by atoms with E-state index in [1.807, 2.05) is 0 Å². The number of carbonyl (C=O) groups is 2. The van der Waals surface area contributed by atoms with E-state index < -0.39 is 6.10 Å². The van der Waals surface area contributed by atoms with E-state index in [-0.39, 0.29) is 25.2 Å². The second kappa shape index (κ2) is 30.2. The average molecular weight is 539 g/mol. The van der Waals surface area contributed by atoms with E-state index in [0.717, 1.165) is 38.5 Å². The summed E-state index contributed by atoms with van der Waals surface area (Å²) < 4.78 is 10.5. The summed E-state index contributed by atoms with van der Waals surface area (Å²) in [6, 6.07) is 0. The molecule has 5 heteroatoms. The van der Waals surface area contributed by atoms with Crippen LogP contribution in [0.4, 0.5) is 0 Å². The molecule has 0 aliphatic heterocycles. The molecule has 0 aliphatic carbocycles. The minimum atomic E-state index is -0.763. The topological polar surface area (TPSA) is 72.8 Å². The molecule has 224 valence electrons. The van der Waals surface area contributed by atoms with Crippen LogP contribution in [-0.2, 0) is 19.1 Å². The maximum Gasteiger partial charge on any atom is 0.306 e. The molecule has 0 radical (unpaired) electrons. The van der Waals surface area contributed by atoms with Crippen LogP contribution in [0.15, 0.2) is 12.2 Å². The van der Waals surface area contributed by atoms with Gasteiger partial charge in [0.1, 0.15) is 6.61 Å². The molecule has 0 saturated carbocycles. The summed E-state index contributed by atoms with van der Waals surface area (Å²) >= 11 is 0. The van der Waals surface area contributed by atoms with Crippen molar-refractivity contribution in [3.8, 4) is 0 Å². The largest absolute Gasteiger partial charge is 0.462 e. The minimum absolute atomic E-state index is 0.0640. The van der Waals surface area contributed by atoms with E-state index in [1.165, 1.54) is 103 Å². The van der Waals surface area contributed by atoms with Gasteiger partial charge in [-0.1, -0.05) is 129 Å². The lowest BCUT2D eigenvalue weighted by Gasteiger charge is -2.15. The highest BCUT2D eigenvalue weighted by molar-refractivity contribution is 5.70. The second-order valence-electron chi connectivity index (χ2n) is 10.9. The fourth-order valence-corrected chi connectivity index (χ4v) is 4.55. The first-order chi connectivity index (χ1) is 18.6. The Labute approximate surface area is 235 Å². The molecule has 0 fully saturated rings. The number of hydrogen-bond acceptors (Lipinski definition) is 5. The molecule has 0 spiro atoms. The molecule has 0 amide bonds. The number of esters is 2. The highest BCUT2D eigenvalue weighted by Crippen LogP contribution is 2.12. The molecular formula is C33H62O5. The quantitative estimate of drug-likeness (QED) is 0.0583. The lowest BCUT2D eigenvalue weighted by molar-refractivity contribution is -0.161. The first-order valence-corrected chi connectivity index (χ1v) is 16.2. The number of rotatable bonds is 29. The Kier molecular flexibility index (Phi) is 29.1. The molecule has 1 atom stereocenters. The predicted octanol–water partition coefficient (Wildman–Crippen LogP) is 9.39. The number of unbranched alkanes of at least 4 members (excludes halogenated alkanes) is 19. The van der Waals surface area contributed by atoms with Crippen LogP contribution >= 0.6 is 0 Å². The maximum atomic E-state index is 12.0. The van der Waals surface area contributed by atoms with Gasteiger partial charge >= 0.3 is 11.9 Å². The summed E-state index contributed by atoms with van der Waals surface area (Å²) in [5, 5.41) is 9.44. The molecule has 0 bridgehead atoms. The van der Waals surface area contributed by atoms with Gasteiger partial charge in [-0.2, -0.15) is 0 Å². The molecule has 0 unspecified atom stereocenters. The van der Waals surface area contributed by atoms with Crippen LogP contribution < -0.4 is 0 Å². The lowest BCUT2D eigenvalue weighted by Crippen LogP contribution is -2.28. The maximum absolute atomic E-state index is 12.0. The van der Waals surface area contributed by atoms with Gasteiger partial charge < -0.3 is 14.6 Å². The highest BCUT2D eigenvalue weighted by Gasteiger charge is 2.16. The summed E-state index contributed by atoms with van der Waals surface area (Å²) in [6.45, 7) is 4.07. The Morgan fingerprint density at radius 1 is 0.579 bits per heavy atom. The van der Waals surface area contributed by atoms with Gasteiger partial charge in [0.2, 0.25) is 0 Å². The third kappa shape index (κ3) is 27.7. The molecule has 0 aromatic rings. The van der Waals surface area contributed by atoms with Crippen molar-refractivity contribution in [3.05, 3.63) is 12.2 Å². The first kappa shape index (κ1) is 36.6. The van der Waals surface area contributed by atoms with E-state index in [0.29, 0.717) is 12.8 Å². The molecule has 0 aliphatic rings. The monoisotopic (exact) mass is 538 g/mol. The fourth-order valence-electron chi connectivity index (χ4n) is 4.55. The van der Waals surface area contributed by atoms with Gasteiger partial charge in [0.05, 0.1) is 6.61 Å². The first-order valence-electron chi connectivity index (χ1n) is 16.2. The van der Waals surface area contributed by atoms with Crippen molar-refractivity contribution in [3.63, 3.8) is 0 Å². The van der Waals surface area contributed by atoms with Crippen LogP contribution in [0.25, 0.3) is 0 Å². The lowest BCUT2D eigenvalue weighted by atomic mass is 10.1. The van der Waals surface area contributed by atoms with Gasteiger partial charge in [0.15, 0.2) is 6.10 Å². The molecule has 1 N–H and O–H groups in total. The smallest absolute Gasteiger partial charge is 0.306 e. The van der Waals surface area contributed by atoms with Crippen molar-refractivity contribution in [2.75, 3.05) is 13.2 Å². The molecule has 38 heavy (non-hydrogen) atoms. The second-order valence-corrected chi connectivity index (χ2v) is 10.9. The van der Waals surface area contributed by atoms with Gasteiger partial charge in [-0.15, -0.1) is 0 Å². The van der Waals surface area contributed by atoms with Crippen molar-refractivity contribution >= 4 is 11.9 Å². The predicted molar refractivity (Wildman–Crippen MR) is 159 cm³/mol. The normalized spacial score (nSPS) is 12.2. The van der Waals surface area contributed by atoms with Crippen LogP contribution in [0.2, 0.25) is 0 Å². The third-order valence-corrected chi connectivity index (χ3v) is 7.06. The van der Waals surface area contributed by atoms with E-state index in [2.05, 4.69) is 26.0 Å². The molecule has 0 rings (SSSR count).